The second-order valence-electron chi connectivity index (χ2n) is 17.8. The lowest BCUT2D eigenvalue weighted by Gasteiger charge is -2.18. The molecule has 5 nitrogen and oxygen atoms in total. The van der Waals surface area contributed by atoms with Gasteiger partial charge in [0.15, 0.2) is 6.10 Å². The molecule has 0 aliphatic carbocycles. The van der Waals surface area contributed by atoms with Crippen LogP contribution in [0.4, 0.5) is 0 Å². The molecule has 0 bridgehead atoms. The lowest BCUT2D eigenvalue weighted by atomic mass is 10.0. The molecule has 1 unspecified atom stereocenters. The summed E-state index contributed by atoms with van der Waals surface area (Å²) in [5.74, 6) is -0.385. The Hall–Kier alpha value is -1.88. The standard InChI is InChI=1S/C55H102O5/c1-4-7-10-13-16-19-22-24-26-27-28-30-32-35-38-41-44-47-50-58-51-53(60-55(57)49-46-43-40-37-33-21-18-15-12-9-6-3)52-59-54(56)48-45-42-39-36-34-31-29-25-23-20-17-14-11-8-5-2/h7,10,16,19,24,26,53H,4-6,8-9,11-15,17-18,20-23,25,27-52H2,1-3H3/b10-7-,19-16-,26-24-. The molecule has 0 spiro atoms. The zero-order valence-corrected chi connectivity index (χ0v) is 40.5. The van der Waals surface area contributed by atoms with Gasteiger partial charge in [0.05, 0.1) is 6.61 Å². The lowest BCUT2D eigenvalue weighted by Crippen LogP contribution is -2.30. The van der Waals surface area contributed by atoms with Crippen molar-refractivity contribution in [3.8, 4) is 0 Å². The van der Waals surface area contributed by atoms with Crippen molar-refractivity contribution < 1.29 is 23.8 Å². The van der Waals surface area contributed by atoms with Crippen molar-refractivity contribution in [3.63, 3.8) is 0 Å². The first-order valence-electron chi connectivity index (χ1n) is 26.5. The van der Waals surface area contributed by atoms with Crippen LogP contribution in [0, 0.1) is 0 Å². The van der Waals surface area contributed by atoms with Crippen LogP contribution in [0.2, 0.25) is 0 Å². The van der Waals surface area contributed by atoms with E-state index in [0.717, 1.165) is 57.8 Å². The van der Waals surface area contributed by atoms with E-state index in [1.807, 2.05) is 0 Å². The van der Waals surface area contributed by atoms with E-state index in [0.29, 0.717) is 19.4 Å². The molecule has 0 aromatic heterocycles. The highest BCUT2D eigenvalue weighted by Crippen LogP contribution is 2.16. The van der Waals surface area contributed by atoms with Gasteiger partial charge in [-0.05, 0) is 51.4 Å². The Morgan fingerprint density at radius 2 is 0.750 bits per heavy atom. The van der Waals surface area contributed by atoms with Crippen molar-refractivity contribution in [1.82, 2.24) is 0 Å². The quantitative estimate of drug-likeness (QED) is 0.0347. The fourth-order valence-electron chi connectivity index (χ4n) is 7.76. The van der Waals surface area contributed by atoms with Gasteiger partial charge in [-0.15, -0.1) is 0 Å². The number of carbonyl (C=O) groups excluding carboxylic acids is 2. The lowest BCUT2D eigenvalue weighted by molar-refractivity contribution is -0.163. The van der Waals surface area contributed by atoms with Crippen LogP contribution in [0.1, 0.15) is 278 Å². The maximum atomic E-state index is 12.8. The van der Waals surface area contributed by atoms with Crippen LogP contribution in [0.15, 0.2) is 36.5 Å². The van der Waals surface area contributed by atoms with Crippen molar-refractivity contribution in [2.45, 2.75) is 284 Å². The zero-order valence-electron chi connectivity index (χ0n) is 40.5. The van der Waals surface area contributed by atoms with E-state index in [1.54, 1.807) is 0 Å². The number of ether oxygens (including phenoxy) is 3. The number of esters is 2. The first-order valence-corrected chi connectivity index (χ1v) is 26.5. The number of hydrogen-bond acceptors (Lipinski definition) is 5. The molecule has 0 N–H and O–H groups in total. The van der Waals surface area contributed by atoms with Gasteiger partial charge >= 0.3 is 11.9 Å². The Morgan fingerprint density at radius 3 is 1.20 bits per heavy atom. The van der Waals surface area contributed by atoms with Crippen LogP contribution in [0.3, 0.4) is 0 Å². The second-order valence-corrected chi connectivity index (χ2v) is 17.8. The minimum atomic E-state index is -0.533. The first-order chi connectivity index (χ1) is 29.6. The molecule has 0 aromatic carbocycles. The van der Waals surface area contributed by atoms with Crippen molar-refractivity contribution >= 4 is 11.9 Å². The van der Waals surface area contributed by atoms with Crippen molar-refractivity contribution in [3.05, 3.63) is 36.5 Å². The summed E-state index contributed by atoms with van der Waals surface area (Å²) in [6.45, 7) is 7.75. The summed E-state index contributed by atoms with van der Waals surface area (Å²) in [5.41, 5.74) is 0. The molecule has 0 saturated carbocycles. The molecule has 0 saturated heterocycles. The Labute approximate surface area is 374 Å². The van der Waals surface area contributed by atoms with Gasteiger partial charge in [0.1, 0.15) is 6.61 Å². The summed E-state index contributed by atoms with van der Waals surface area (Å²) >= 11 is 0. The Balaban J connectivity index is 4.20. The van der Waals surface area contributed by atoms with Crippen LogP contribution in [-0.2, 0) is 23.8 Å². The fraction of sp³-hybridized carbons (Fsp3) is 0.855. The Bertz CT molecular complexity index is 955. The van der Waals surface area contributed by atoms with Crippen molar-refractivity contribution in [2.75, 3.05) is 19.8 Å². The van der Waals surface area contributed by atoms with Crippen LogP contribution in [0.5, 0.6) is 0 Å². The predicted octanol–water partition coefficient (Wildman–Crippen LogP) is 17.8. The van der Waals surface area contributed by atoms with Crippen molar-refractivity contribution in [1.29, 1.82) is 0 Å². The largest absolute Gasteiger partial charge is 0.462 e. The molecule has 0 rings (SSSR count). The minimum absolute atomic E-state index is 0.0886. The molecule has 0 amide bonds. The molecular formula is C55H102O5. The first kappa shape index (κ1) is 58.1. The number of hydrogen-bond donors (Lipinski definition) is 0. The topological polar surface area (TPSA) is 61.8 Å². The van der Waals surface area contributed by atoms with Gasteiger partial charge in [0, 0.05) is 19.4 Å². The third kappa shape index (κ3) is 48.8. The van der Waals surface area contributed by atoms with Gasteiger partial charge < -0.3 is 14.2 Å². The van der Waals surface area contributed by atoms with Gasteiger partial charge in [-0.1, -0.05) is 250 Å². The van der Waals surface area contributed by atoms with E-state index in [2.05, 4.69) is 57.2 Å². The Kier molecular flexibility index (Phi) is 49.9. The maximum Gasteiger partial charge on any atom is 0.306 e. The average Bonchev–Trinajstić information content (AvgIpc) is 3.25. The molecule has 0 aliphatic rings. The van der Waals surface area contributed by atoms with E-state index < -0.39 is 6.10 Å². The Morgan fingerprint density at radius 1 is 0.383 bits per heavy atom. The molecule has 352 valence electrons. The summed E-state index contributed by atoms with van der Waals surface area (Å²) in [4.78, 5) is 25.4. The van der Waals surface area contributed by atoms with Crippen LogP contribution in [-0.4, -0.2) is 37.9 Å². The van der Waals surface area contributed by atoms with E-state index in [4.69, 9.17) is 14.2 Å². The van der Waals surface area contributed by atoms with Crippen LogP contribution in [0.25, 0.3) is 0 Å². The van der Waals surface area contributed by atoms with Gasteiger partial charge in [0.25, 0.3) is 0 Å². The highest BCUT2D eigenvalue weighted by atomic mass is 16.6. The van der Waals surface area contributed by atoms with Crippen molar-refractivity contribution in [2.24, 2.45) is 0 Å². The molecule has 1 atom stereocenters. The van der Waals surface area contributed by atoms with Crippen LogP contribution >= 0.6 is 0 Å². The van der Waals surface area contributed by atoms with Crippen LogP contribution < -0.4 is 0 Å². The summed E-state index contributed by atoms with van der Waals surface area (Å²) < 4.78 is 17.4. The van der Waals surface area contributed by atoms with E-state index >= 15 is 0 Å². The summed E-state index contributed by atoms with van der Waals surface area (Å²) in [6, 6.07) is 0. The fourth-order valence-corrected chi connectivity index (χ4v) is 7.76. The minimum Gasteiger partial charge on any atom is -0.462 e. The number of allylic oxidation sites excluding steroid dienone is 6. The SMILES string of the molecule is CC/C=C\C/C=C\C/C=C\CCCCCCCCCCOCC(COC(=O)CCCCCCCCCCCCCCCCC)OC(=O)CCCCCCCCCCCCC. The molecule has 5 heteroatoms. The molecule has 0 aromatic rings. The highest BCUT2D eigenvalue weighted by Gasteiger charge is 2.17. The summed E-state index contributed by atoms with van der Waals surface area (Å²) in [6.07, 6.45) is 61.5. The third-order valence-corrected chi connectivity index (χ3v) is 11.7. The molecule has 0 aliphatic heterocycles. The molecule has 0 heterocycles. The van der Waals surface area contributed by atoms with Gasteiger partial charge in [-0.2, -0.15) is 0 Å². The highest BCUT2D eigenvalue weighted by molar-refractivity contribution is 5.70. The van der Waals surface area contributed by atoms with E-state index in [-0.39, 0.29) is 25.2 Å². The third-order valence-electron chi connectivity index (χ3n) is 11.7. The van der Waals surface area contributed by atoms with E-state index in [9.17, 15) is 9.59 Å². The van der Waals surface area contributed by atoms with Gasteiger partial charge in [-0.25, -0.2) is 0 Å². The number of unbranched alkanes of at least 4 members (excludes halogenated alkanes) is 32. The maximum absolute atomic E-state index is 12.8. The predicted molar refractivity (Wildman–Crippen MR) is 261 cm³/mol. The number of carbonyl (C=O) groups is 2. The monoisotopic (exact) mass is 843 g/mol. The number of rotatable bonds is 49. The van der Waals surface area contributed by atoms with Gasteiger partial charge in [-0.3, -0.25) is 9.59 Å². The second kappa shape index (κ2) is 51.5. The molecule has 60 heavy (non-hydrogen) atoms. The summed E-state index contributed by atoms with van der Waals surface area (Å²) in [7, 11) is 0. The normalized spacial score (nSPS) is 12.4. The van der Waals surface area contributed by atoms with E-state index in [1.165, 1.54) is 186 Å². The van der Waals surface area contributed by atoms with Gasteiger partial charge in [0.2, 0.25) is 0 Å². The molecular weight excluding hydrogens is 741 g/mol. The average molecular weight is 843 g/mol. The molecule has 0 radical (unpaired) electrons. The summed E-state index contributed by atoms with van der Waals surface area (Å²) in [5, 5.41) is 0. The zero-order chi connectivity index (χ0) is 43.5. The molecule has 0 fully saturated rings. The smallest absolute Gasteiger partial charge is 0.306 e.